The maximum atomic E-state index is 11.0. The molecular weight excluding hydrogens is 146 g/mol. The Morgan fingerprint density at radius 1 is 1.82 bits per heavy atom. The van der Waals surface area contributed by atoms with Crippen LogP contribution in [0.3, 0.4) is 0 Å². The van der Waals surface area contributed by atoms with Crippen molar-refractivity contribution in [1.29, 1.82) is 0 Å². The number of carbonyl (C=O) groups excluding carboxylic acids is 1. The highest BCUT2D eigenvalue weighted by molar-refractivity contribution is 5.75. The predicted molar refractivity (Wildman–Crippen MR) is 38.8 cm³/mol. The first-order chi connectivity index (χ1) is 5.29. The summed E-state index contributed by atoms with van der Waals surface area (Å²) in [5, 5.41) is 8.80. The van der Waals surface area contributed by atoms with E-state index < -0.39 is 0 Å². The number of aliphatic hydroxyl groups excluding tert-OH is 1. The molecule has 1 saturated heterocycles. The van der Waals surface area contributed by atoms with Crippen molar-refractivity contribution in [2.24, 2.45) is 0 Å². The third kappa shape index (κ3) is 1.70. The number of hydrogen-bond donors (Lipinski definition) is 1. The second-order valence-corrected chi connectivity index (χ2v) is 2.63. The summed E-state index contributed by atoms with van der Waals surface area (Å²) >= 11 is 0. The molecule has 1 unspecified atom stereocenters. The minimum absolute atomic E-state index is 0.0558. The van der Waals surface area contributed by atoms with Gasteiger partial charge in [0.05, 0.1) is 13.8 Å². The molecule has 1 fully saturated rings. The molecule has 0 bridgehead atoms. The van der Waals surface area contributed by atoms with E-state index in [0.717, 1.165) is 19.4 Å². The molecular formula is C7H13NO3. The summed E-state index contributed by atoms with van der Waals surface area (Å²) in [6.45, 7) is 0.732. The molecule has 0 radical (unpaired) electrons. The van der Waals surface area contributed by atoms with E-state index in [-0.39, 0.29) is 18.7 Å². The van der Waals surface area contributed by atoms with Gasteiger partial charge in [0.2, 0.25) is 0 Å². The molecule has 0 aromatic heterocycles. The first-order valence-corrected chi connectivity index (χ1v) is 3.72. The zero-order valence-corrected chi connectivity index (χ0v) is 6.62. The summed E-state index contributed by atoms with van der Waals surface area (Å²) < 4.78 is 4.57. The van der Waals surface area contributed by atoms with Crippen LogP contribution in [0.1, 0.15) is 12.8 Å². The maximum absolute atomic E-state index is 11.0. The first-order valence-electron chi connectivity index (χ1n) is 3.72. The fourth-order valence-corrected chi connectivity index (χ4v) is 1.40. The number of carbonyl (C=O) groups is 1. The van der Waals surface area contributed by atoms with E-state index in [2.05, 4.69) is 4.74 Å². The van der Waals surface area contributed by atoms with E-state index in [0.29, 0.717) is 0 Å². The number of likely N-dealkylation sites (tertiary alicyclic amines) is 1. The zero-order valence-electron chi connectivity index (χ0n) is 6.62. The van der Waals surface area contributed by atoms with Crippen LogP contribution >= 0.6 is 0 Å². The van der Waals surface area contributed by atoms with E-state index >= 15 is 0 Å². The smallest absolute Gasteiger partial charge is 0.323 e. The van der Waals surface area contributed by atoms with Crippen LogP contribution in [0.5, 0.6) is 0 Å². The van der Waals surface area contributed by atoms with Crippen molar-refractivity contribution in [3.8, 4) is 0 Å². The topological polar surface area (TPSA) is 49.8 Å². The van der Waals surface area contributed by atoms with Gasteiger partial charge in [-0.2, -0.15) is 0 Å². The van der Waals surface area contributed by atoms with Crippen LogP contribution in [0.4, 0.5) is 0 Å². The van der Waals surface area contributed by atoms with Crippen LogP contribution in [0.2, 0.25) is 0 Å². The lowest BCUT2D eigenvalue weighted by Gasteiger charge is -2.18. The fraction of sp³-hybridized carbons (Fsp3) is 0.857. The molecule has 0 spiro atoms. The van der Waals surface area contributed by atoms with Gasteiger partial charge in [-0.1, -0.05) is 0 Å². The van der Waals surface area contributed by atoms with Crippen LogP contribution in [-0.4, -0.2) is 42.4 Å². The molecule has 4 heteroatoms. The summed E-state index contributed by atoms with van der Waals surface area (Å²) in [6.07, 6.45) is 1.76. The Labute approximate surface area is 65.8 Å². The Morgan fingerprint density at radius 3 is 3.09 bits per heavy atom. The highest BCUT2D eigenvalue weighted by atomic mass is 16.5. The number of aliphatic hydroxyl groups is 1. The lowest BCUT2D eigenvalue weighted by Crippen LogP contribution is -2.37. The maximum Gasteiger partial charge on any atom is 0.323 e. The standard InChI is InChI=1S/C7H13NO3/c1-11-7(10)6-3-2-4-8(6)5-9/h6,9H,2-5H2,1H3. The molecule has 64 valence electrons. The number of methoxy groups -OCH3 is 1. The molecule has 1 atom stereocenters. The van der Waals surface area contributed by atoms with Crippen LogP contribution in [-0.2, 0) is 9.53 Å². The van der Waals surface area contributed by atoms with E-state index in [9.17, 15) is 4.79 Å². The number of nitrogens with zero attached hydrogens (tertiary/aromatic N) is 1. The van der Waals surface area contributed by atoms with Crippen molar-refractivity contribution in [3.05, 3.63) is 0 Å². The number of rotatable bonds is 2. The Balaban J connectivity index is 2.49. The lowest BCUT2D eigenvalue weighted by atomic mass is 10.2. The van der Waals surface area contributed by atoms with Gasteiger partial charge in [0.25, 0.3) is 0 Å². The van der Waals surface area contributed by atoms with Gasteiger partial charge in [0.1, 0.15) is 6.04 Å². The number of hydrogen-bond acceptors (Lipinski definition) is 4. The molecule has 0 amide bonds. The van der Waals surface area contributed by atoms with Gasteiger partial charge in [-0.3, -0.25) is 9.69 Å². The van der Waals surface area contributed by atoms with Crippen molar-refractivity contribution >= 4 is 5.97 Å². The molecule has 4 nitrogen and oxygen atoms in total. The third-order valence-electron chi connectivity index (χ3n) is 2.02. The minimum atomic E-state index is -0.239. The van der Waals surface area contributed by atoms with Crippen molar-refractivity contribution < 1.29 is 14.6 Å². The van der Waals surface area contributed by atoms with Crippen LogP contribution in [0, 0.1) is 0 Å². The molecule has 1 aliphatic rings. The minimum Gasteiger partial charge on any atom is -0.468 e. The van der Waals surface area contributed by atoms with Gasteiger partial charge in [0, 0.05) is 6.54 Å². The monoisotopic (exact) mass is 159 g/mol. The van der Waals surface area contributed by atoms with Crippen LogP contribution < -0.4 is 0 Å². The van der Waals surface area contributed by atoms with Gasteiger partial charge in [-0.15, -0.1) is 0 Å². The van der Waals surface area contributed by atoms with Gasteiger partial charge in [0.15, 0.2) is 0 Å². The molecule has 1 aliphatic heterocycles. The van der Waals surface area contributed by atoms with Crippen molar-refractivity contribution in [3.63, 3.8) is 0 Å². The van der Waals surface area contributed by atoms with Crippen LogP contribution in [0.25, 0.3) is 0 Å². The number of ether oxygens (including phenoxy) is 1. The Bertz CT molecular complexity index is 149. The van der Waals surface area contributed by atoms with E-state index in [1.807, 2.05) is 0 Å². The van der Waals surface area contributed by atoms with Gasteiger partial charge in [-0.25, -0.2) is 0 Å². The SMILES string of the molecule is COC(=O)C1CCCN1CO. The second-order valence-electron chi connectivity index (χ2n) is 2.63. The number of esters is 1. The summed E-state index contributed by atoms with van der Waals surface area (Å²) in [4.78, 5) is 12.7. The molecule has 1 N–H and O–H groups in total. The van der Waals surface area contributed by atoms with Crippen LogP contribution in [0.15, 0.2) is 0 Å². The highest BCUT2D eigenvalue weighted by Gasteiger charge is 2.30. The largest absolute Gasteiger partial charge is 0.468 e. The van der Waals surface area contributed by atoms with E-state index in [1.54, 1.807) is 4.90 Å². The molecule has 0 aromatic rings. The summed E-state index contributed by atoms with van der Waals surface area (Å²) in [5.41, 5.74) is 0. The quantitative estimate of drug-likeness (QED) is 0.556. The molecule has 0 aromatic carbocycles. The Morgan fingerprint density at radius 2 is 2.55 bits per heavy atom. The molecule has 0 aliphatic carbocycles. The predicted octanol–water partition coefficient (Wildman–Crippen LogP) is -0.426. The third-order valence-corrected chi connectivity index (χ3v) is 2.02. The van der Waals surface area contributed by atoms with Crippen molar-refractivity contribution in [2.45, 2.75) is 18.9 Å². The average Bonchev–Trinajstić information content (AvgIpc) is 2.50. The zero-order chi connectivity index (χ0) is 8.27. The van der Waals surface area contributed by atoms with E-state index in [1.165, 1.54) is 7.11 Å². The lowest BCUT2D eigenvalue weighted by molar-refractivity contribution is -0.147. The fourth-order valence-electron chi connectivity index (χ4n) is 1.40. The first kappa shape index (κ1) is 8.49. The summed E-state index contributed by atoms with van der Waals surface area (Å²) in [5.74, 6) is -0.239. The highest BCUT2D eigenvalue weighted by Crippen LogP contribution is 2.16. The second kappa shape index (κ2) is 3.69. The van der Waals surface area contributed by atoms with Gasteiger partial charge in [-0.05, 0) is 12.8 Å². The van der Waals surface area contributed by atoms with E-state index in [4.69, 9.17) is 5.11 Å². The molecule has 0 saturated carbocycles. The Hall–Kier alpha value is -0.610. The summed E-state index contributed by atoms with van der Waals surface area (Å²) in [6, 6.07) is -0.218. The normalized spacial score (nSPS) is 25.5. The van der Waals surface area contributed by atoms with Gasteiger partial charge < -0.3 is 9.84 Å². The van der Waals surface area contributed by atoms with Gasteiger partial charge >= 0.3 is 5.97 Å². The molecule has 1 heterocycles. The molecule has 1 rings (SSSR count). The Kier molecular flexibility index (Phi) is 2.84. The average molecular weight is 159 g/mol. The summed E-state index contributed by atoms with van der Waals surface area (Å²) in [7, 11) is 1.37. The van der Waals surface area contributed by atoms with Crippen molar-refractivity contribution in [1.82, 2.24) is 4.90 Å². The molecule has 11 heavy (non-hydrogen) atoms. The van der Waals surface area contributed by atoms with Crippen molar-refractivity contribution in [2.75, 3.05) is 20.4 Å².